The zero-order valence-corrected chi connectivity index (χ0v) is 8.43. The van der Waals surface area contributed by atoms with Crippen LogP contribution in [0.1, 0.15) is 21.9 Å². The molecule has 0 amide bonds. The average Bonchev–Trinajstić information content (AvgIpc) is 2.87. The SMILES string of the molecule is O=C(O)c1ccc(CNCc2cn[nH]c2)o1. The molecule has 0 aliphatic rings. The summed E-state index contributed by atoms with van der Waals surface area (Å²) in [6, 6.07) is 3.09. The van der Waals surface area contributed by atoms with E-state index in [9.17, 15) is 4.79 Å². The Morgan fingerprint density at radius 3 is 3.00 bits per heavy atom. The van der Waals surface area contributed by atoms with E-state index in [1.807, 2.05) is 0 Å². The van der Waals surface area contributed by atoms with Crippen molar-refractivity contribution in [3.8, 4) is 0 Å². The summed E-state index contributed by atoms with van der Waals surface area (Å²) in [6.45, 7) is 1.14. The Kier molecular flexibility index (Phi) is 3.02. The van der Waals surface area contributed by atoms with E-state index in [-0.39, 0.29) is 5.76 Å². The topological polar surface area (TPSA) is 91.1 Å². The molecule has 0 aliphatic carbocycles. The third kappa shape index (κ3) is 2.48. The van der Waals surface area contributed by atoms with Crippen molar-refractivity contribution in [2.45, 2.75) is 13.1 Å². The van der Waals surface area contributed by atoms with Crippen molar-refractivity contribution < 1.29 is 14.3 Å². The molecule has 2 heterocycles. The highest BCUT2D eigenvalue weighted by atomic mass is 16.4. The minimum Gasteiger partial charge on any atom is -0.475 e. The molecule has 2 rings (SSSR count). The Hall–Kier alpha value is -2.08. The van der Waals surface area contributed by atoms with E-state index in [2.05, 4.69) is 15.5 Å². The van der Waals surface area contributed by atoms with Crippen LogP contribution in [0, 0.1) is 0 Å². The number of aromatic nitrogens is 2. The van der Waals surface area contributed by atoms with Crippen molar-refractivity contribution in [3.05, 3.63) is 41.6 Å². The molecular formula is C10H11N3O3. The van der Waals surface area contributed by atoms with Crippen LogP contribution in [-0.4, -0.2) is 21.3 Å². The molecule has 0 fully saturated rings. The summed E-state index contributed by atoms with van der Waals surface area (Å²) < 4.78 is 5.08. The number of carboxylic acids is 1. The highest BCUT2D eigenvalue weighted by molar-refractivity contribution is 5.84. The molecule has 0 aromatic carbocycles. The van der Waals surface area contributed by atoms with Gasteiger partial charge in [-0.05, 0) is 12.1 Å². The minimum absolute atomic E-state index is 0.0416. The lowest BCUT2D eigenvalue weighted by Crippen LogP contribution is -2.11. The maximum absolute atomic E-state index is 10.5. The number of nitrogens with one attached hydrogen (secondary N) is 2. The van der Waals surface area contributed by atoms with E-state index in [0.717, 1.165) is 5.56 Å². The van der Waals surface area contributed by atoms with Crippen molar-refractivity contribution >= 4 is 5.97 Å². The molecule has 84 valence electrons. The number of nitrogens with zero attached hydrogens (tertiary/aromatic N) is 1. The van der Waals surface area contributed by atoms with Crippen molar-refractivity contribution in [1.29, 1.82) is 0 Å². The highest BCUT2D eigenvalue weighted by Crippen LogP contribution is 2.07. The van der Waals surface area contributed by atoms with Crippen LogP contribution in [0.25, 0.3) is 0 Å². The second kappa shape index (κ2) is 4.63. The zero-order valence-electron chi connectivity index (χ0n) is 8.43. The smallest absolute Gasteiger partial charge is 0.371 e. The molecule has 0 unspecified atom stereocenters. The third-order valence-electron chi connectivity index (χ3n) is 2.06. The van der Waals surface area contributed by atoms with Gasteiger partial charge in [-0.1, -0.05) is 0 Å². The fourth-order valence-electron chi connectivity index (χ4n) is 1.29. The molecular weight excluding hydrogens is 210 g/mol. The third-order valence-corrected chi connectivity index (χ3v) is 2.06. The summed E-state index contributed by atoms with van der Waals surface area (Å²) in [7, 11) is 0. The average molecular weight is 221 g/mol. The van der Waals surface area contributed by atoms with Gasteiger partial charge < -0.3 is 14.8 Å². The largest absolute Gasteiger partial charge is 0.475 e. The molecule has 3 N–H and O–H groups in total. The van der Waals surface area contributed by atoms with Gasteiger partial charge >= 0.3 is 5.97 Å². The second-order valence-corrected chi connectivity index (χ2v) is 3.28. The molecule has 2 aromatic heterocycles. The maximum Gasteiger partial charge on any atom is 0.371 e. The molecule has 6 heteroatoms. The first kappa shape index (κ1) is 10.4. The standard InChI is InChI=1S/C10H11N3O3/c14-10(15)9-2-1-8(16-9)6-11-3-7-4-12-13-5-7/h1-2,4-5,11H,3,6H2,(H,12,13)(H,14,15). The predicted molar refractivity (Wildman–Crippen MR) is 54.8 cm³/mol. The van der Waals surface area contributed by atoms with Crippen molar-refractivity contribution in [2.24, 2.45) is 0 Å². The van der Waals surface area contributed by atoms with E-state index in [1.54, 1.807) is 18.5 Å². The molecule has 0 atom stereocenters. The normalized spacial score (nSPS) is 10.5. The number of hydrogen-bond acceptors (Lipinski definition) is 4. The van der Waals surface area contributed by atoms with Gasteiger partial charge in [-0.25, -0.2) is 4.79 Å². The summed E-state index contributed by atoms with van der Waals surface area (Å²) in [5.41, 5.74) is 1.03. The monoisotopic (exact) mass is 221 g/mol. The van der Waals surface area contributed by atoms with E-state index in [4.69, 9.17) is 9.52 Å². The maximum atomic E-state index is 10.5. The van der Waals surface area contributed by atoms with Crippen LogP contribution in [0.2, 0.25) is 0 Å². The van der Waals surface area contributed by atoms with E-state index in [1.165, 1.54) is 6.07 Å². The van der Waals surface area contributed by atoms with Crippen LogP contribution < -0.4 is 5.32 Å². The number of carboxylic acid groups (broad SMARTS) is 1. The van der Waals surface area contributed by atoms with Gasteiger partial charge in [0.1, 0.15) is 5.76 Å². The van der Waals surface area contributed by atoms with Gasteiger partial charge in [0.2, 0.25) is 5.76 Å². The van der Waals surface area contributed by atoms with E-state index >= 15 is 0 Å². The number of aromatic amines is 1. The lowest BCUT2D eigenvalue weighted by molar-refractivity contribution is 0.0660. The summed E-state index contributed by atoms with van der Waals surface area (Å²) in [5, 5.41) is 18.3. The Morgan fingerprint density at radius 1 is 1.50 bits per heavy atom. The minimum atomic E-state index is -1.05. The molecule has 2 aromatic rings. The summed E-state index contributed by atoms with van der Waals surface area (Å²) >= 11 is 0. The Balaban J connectivity index is 1.83. The van der Waals surface area contributed by atoms with Crippen molar-refractivity contribution in [1.82, 2.24) is 15.5 Å². The number of hydrogen-bond donors (Lipinski definition) is 3. The number of rotatable bonds is 5. The van der Waals surface area contributed by atoms with Gasteiger partial charge in [-0.15, -0.1) is 0 Å². The van der Waals surface area contributed by atoms with Gasteiger partial charge in [0, 0.05) is 18.3 Å². The summed E-state index contributed by atoms with van der Waals surface area (Å²) in [6.07, 6.45) is 3.51. The fraction of sp³-hybridized carbons (Fsp3) is 0.200. The van der Waals surface area contributed by atoms with E-state index < -0.39 is 5.97 Å². The summed E-state index contributed by atoms with van der Waals surface area (Å²) in [5.74, 6) is -0.498. The Morgan fingerprint density at radius 2 is 2.38 bits per heavy atom. The fourth-order valence-corrected chi connectivity index (χ4v) is 1.29. The van der Waals surface area contributed by atoms with Gasteiger partial charge in [-0.2, -0.15) is 5.10 Å². The number of aromatic carboxylic acids is 1. The first-order valence-corrected chi connectivity index (χ1v) is 4.76. The van der Waals surface area contributed by atoms with Crippen molar-refractivity contribution in [3.63, 3.8) is 0 Å². The van der Waals surface area contributed by atoms with Gasteiger partial charge in [0.05, 0.1) is 12.7 Å². The van der Waals surface area contributed by atoms with Gasteiger partial charge in [0.15, 0.2) is 0 Å². The zero-order chi connectivity index (χ0) is 11.4. The van der Waals surface area contributed by atoms with Crippen LogP contribution >= 0.6 is 0 Å². The van der Waals surface area contributed by atoms with Gasteiger partial charge in [0.25, 0.3) is 0 Å². The number of H-pyrrole nitrogens is 1. The molecule has 0 saturated carbocycles. The molecule has 0 saturated heterocycles. The van der Waals surface area contributed by atoms with Crippen LogP contribution in [0.15, 0.2) is 28.9 Å². The van der Waals surface area contributed by atoms with Crippen LogP contribution in [0.3, 0.4) is 0 Å². The van der Waals surface area contributed by atoms with Crippen LogP contribution in [0.4, 0.5) is 0 Å². The summed E-state index contributed by atoms with van der Waals surface area (Å²) in [4.78, 5) is 10.5. The van der Waals surface area contributed by atoms with Crippen LogP contribution in [0.5, 0.6) is 0 Å². The first-order valence-electron chi connectivity index (χ1n) is 4.76. The van der Waals surface area contributed by atoms with Crippen molar-refractivity contribution in [2.75, 3.05) is 0 Å². The second-order valence-electron chi connectivity index (χ2n) is 3.28. The number of carbonyl (C=O) groups is 1. The van der Waals surface area contributed by atoms with E-state index in [0.29, 0.717) is 18.8 Å². The predicted octanol–water partition coefficient (Wildman–Crippen LogP) is 0.991. The molecule has 0 aliphatic heterocycles. The number of furan rings is 1. The lowest BCUT2D eigenvalue weighted by atomic mass is 10.3. The lowest BCUT2D eigenvalue weighted by Gasteiger charge is -1.99. The quantitative estimate of drug-likeness (QED) is 0.700. The molecule has 6 nitrogen and oxygen atoms in total. The molecule has 0 spiro atoms. The van der Waals surface area contributed by atoms with Crippen LogP contribution in [-0.2, 0) is 13.1 Å². The Bertz CT molecular complexity index is 461. The molecule has 0 bridgehead atoms. The first-order chi connectivity index (χ1) is 7.75. The molecule has 16 heavy (non-hydrogen) atoms. The van der Waals surface area contributed by atoms with Gasteiger partial charge in [-0.3, -0.25) is 5.10 Å². The highest BCUT2D eigenvalue weighted by Gasteiger charge is 2.08. The Labute approximate surface area is 91.3 Å². The molecule has 0 radical (unpaired) electrons.